The lowest BCUT2D eigenvalue weighted by molar-refractivity contribution is -0.134. The predicted molar refractivity (Wildman–Crippen MR) is 109 cm³/mol. The number of hydrogen-bond acceptors (Lipinski definition) is 4. The number of carbonyl (C=O) groups is 2. The fourth-order valence-electron chi connectivity index (χ4n) is 3.07. The first kappa shape index (κ1) is 20.2. The van der Waals surface area contributed by atoms with Gasteiger partial charge in [-0.05, 0) is 50.3 Å². The van der Waals surface area contributed by atoms with Gasteiger partial charge in [-0.25, -0.2) is 9.29 Å². The lowest BCUT2D eigenvalue weighted by atomic mass is 9.88. The number of imide groups is 1. The standard InChI is InChI=1S/C20H18ClFN2O3S/c1-20(2)11-23(14-9-4-5-10-15(14)27-3)19(28)24(18(20)26)17(25)16-12(21)7-6-8-13(16)22/h4-10H,11H2,1-3H3. The van der Waals surface area contributed by atoms with Crippen LogP contribution in [-0.2, 0) is 4.79 Å². The van der Waals surface area contributed by atoms with E-state index in [2.05, 4.69) is 0 Å². The second kappa shape index (κ2) is 7.48. The van der Waals surface area contributed by atoms with E-state index in [0.29, 0.717) is 11.4 Å². The summed E-state index contributed by atoms with van der Waals surface area (Å²) >= 11 is 11.5. The minimum atomic E-state index is -0.962. The number of amides is 2. The van der Waals surface area contributed by atoms with Gasteiger partial charge in [0.1, 0.15) is 11.6 Å². The number of halogens is 2. The van der Waals surface area contributed by atoms with Gasteiger partial charge >= 0.3 is 0 Å². The molecule has 8 heteroatoms. The molecule has 28 heavy (non-hydrogen) atoms. The van der Waals surface area contributed by atoms with Crippen molar-refractivity contribution in [2.75, 3.05) is 18.6 Å². The van der Waals surface area contributed by atoms with Crippen molar-refractivity contribution in [3.05, 3.63) is 58.9 Å². The van der Waals surface area contributed by atoms with E-state index in [9.17, 15) is 14.0 Å². The van der Waals surface area contributed by atoms with Crippen LogP contribution in [0.3, 0.4) is 0 Å². The second-order valence-corrected chi connectivity index (χ2v) is 7.74. The van der Waals surface area contributed by atoms with Gasteiger partial charge in [0.05, 0.1) is 28.8 Å². The molecule has 1 saturated heterocycles. The van der Waals surface area contributed by atoms with E-state index in [4.69, 9.17) is 28.6 Å². The van der Waals surface area contributed by atoms with Crippen molar-refractivity contribution >= 4 is 46.4 Å². The van der Waals surface area contributed by atoms with Crippen molar-refractivity contribution < 1.29 is 18.7 Å². The monoisotopic (exact) mass is 420 g/mol. The Morgan fingerprint density at radius 3 is 2.54 bits per heavy atom. The Kier molecular flexibility index (Phi) is 5.41. The zero-order valence-corrected chi connectivity index (χ0v) is 17.1. The summed E-state index contributed by atoms with van der Waals surface area (Å²) in [5.41, 5.74) is -0.748. The molecule has 0 radical (unpaired) electrons. The maximum Gasteiger partial charge on any atom is 0.271 e. The number of hydrogen-bond donors (Lipinski definition) is 0. The fraction of sp³-hybridized carbons (Fsp3) is 0.250. The smallest absolute Gasteiger partial charge is 0.271 e. The van der Waals surface area contributed by atoms with E-state index >= 15 is 0 Å². The fourth-order valence-corrected chi connectivity index (χ4v) is 3.65. The third-order valence-corrected chi connectivity index (χ3v) is 5.23. The van der Waals surface area contributed by atoms with Crippen molar-refractivity contribution in [1.29, 1.82) is 0 Å². The van der Waals surface area contributed by atoms with Crippen molar-refractivity contribution in [1.82, 2.24) is 4.90 Å². The van der Waals surface area contributed by atoms with Crippen molar-refractivity contribution in [3.63, 3.8) is 0 Å². The van der Waals surface area contributed by atoms with Crippen LogP contribution in [0.15, 0.2) is 42.5 Å². The van der Waals surface area contributed by atoms with Crippen LogP contribution in [-0.4, -0.2) is 35.5 Å². The van der Waals surface area contributed by atoms with Crippen LogP contribution < -0.4 is 9.64 Å². The zero-order chi connectivity index (χ0) is 20.6. The van der Waals surface area contributed by atoms with E-state index in [1.54, 1.807) is 43.0 Å². The predicted octanol–water partition coefficient (Wildman–Crippen LogP) is 4.29. The first-order valence-corrected chi connectivity index (χ1v) is 9.25. The van der Waals surface area contributed by atoms with Crippen LogP contribution in [0.25, 0.3) is 0 Å². The Balaban J connectivity index is 2.11. The summed E-state index contributed by atoms with van der Waals surface area (Å²) in [5, 5.41) is -0.147. The maximum absolute atomic E-state index is 14.3. The molecule has 5 nitrogen and oxygen atoms in total. The molecule has 1 aliphatic rings. The highest BCUT2D eigenvalue weighted by molar-refractivity contribution is 7.80. The zero-order valence-electron chi connectivity index (χ0n) is 15.5. The number of benzene rings is 2. The Morgan fingerprint density at radius 2 is 1.89 bits per heavy atom. The van der Waals surface area contributed by atoms with Crippen LogP contribution in [0.5, 0.6) is 5.75 Å². The number of thiocarbonyl (C=S) groups is 1. The summed E-state index contributed by atoms with van der Waals surface area (Å²) in [4.78, 5) is 28.6. The van der Waals surface area contributed by atoms with Crippen molar-refractivity contribution in [2.24, 2.45) is 5.41 Å². The van der Waals surface area contributed by atoms with Crippen LogP contribution in [0.4, 0.5) is 10.1 Å². The minimum absolute atomic E-state index is 0.0573. The van der Waals surface area contributed by atoms with Gasteiger partial charge in [-0.1, -0.05) is 29.8 Å². The molecule has 146 valence electrons. The first-order chi connectivity index (χ1) is 13.2. The highest BCUT2D eigenvalue weighted by Gasteiger charge is 2.47. The number of rotatable bonds is 3. The van der Waals surface area contributed by atoms with E-state index < -0.39 is 28.6 Å². The van der Waals surface area contributed by atoms with Gasteiger partial charge in [-0.2, -0.15) is 0 Å². The molecule has 1 aliphatic heterocycles. The Morgan fingerprint density at radius 1 is 1.21 bits per heavy atom. The molecule has 0 N–H and O–H groups in total. The molecule has 0 atom stereocenters. The van der Waals surface area contributed by atoms with Crippen LogP contribution in [0.2, 0.25) is 5.02 Å². The molecule has 1 heterocycles. The minimum Gasteiger partial charge on any atom is -0.495 e. The van der Waals surface area contributed by atoms with Crippen LogP contribution in [0, 0.1) is 11.2 Å². The third-order valence-electron chi connectivity index (χ3n) is 4.51. The highest BCUT2D eigenvalue weighted by Crippen LogP contribution is 2.36. The SMILES string of the molecule is COc1ccccc1N1CC(C)(C)C(=O)N(C(=O)c2c(F)cccc2Cl)C1=S. The van der Waals surface area contributed by atoms with Crippen LogP contribution >= 0.6 is 23.8 Å². The maximum atomic E-state index is 14.3. The molecule has 3 rings (SSSR count). The van der Waals surface area contributed by atoms with Gasteiger partial charge in [-0.3, -0.25) is 9.59 Å². The third kappa shape index (κ3) is 3.36. The van der Waals surface area contributed by atoms with Crippen LogP contribution in [0.1, 0.15) is 24.2 Å². The molecule has 0 bridgehead atoms. The summed E-state index contributed by atoms with van der Waals surface area (Å²) < 4.78 is 19.7. The lowest BCUT2D eigenvalue weighted by Gasteiger charge is -2.44. The number of anilines is 1. The second-order valence-electron chi connectivity index (χ2n) is 6.97. The average Bonchev–Trinajstić information content (AvgIpc) is 2.65. The van der Waals surface area contributed by atoms with E-state index in [1.807, 2.05) is 0 Å². The number of nitrogens with zero attached hydrogens (tertiary/aromatic N) is 2. The molecule has 0 unspecified atom stereocenters. The quantitative estimate of drug-likeness (QED) is 0.547. The molecule has 0 spiro atoms. The number of ether oxygens (including phenoxy) is 1. The van der Waals surface area contributed by atoms with Gasteiger partial charge in [0, 0.05) is 6.54 Å². The van der Waals surface area contributed by atoms with E-state index in [1.165, 1.54) is 19.2 Å². The van der Waals surface area contributed by atoms with Gasteiger partial charge in [0.2, 0.25) is 5.91 Å². The molecule has 0 aliphatic carbocycles. The molecule has 2 aromatic carbocycles. The summed E-state index contributed by atoms with van der Waals surface area (Å²) in [6, 6.07) is 11.0. The topological polar surface area (TPSA) is 49.9 Å². The molecule has 2 amide bonds. The van der Waals surface area contributed by atoms with Crippen molar-refractivity contribution in [3.8, 4) is 5.75 Å². The Bertz CT molecular complexity index is 959. The number of methoxy groups -OCH3 is 1. The average molecular weight is 421 g/mol. The van der Waals surface area contributed by atoms with E-state index in [0.717, 1.165) is 11.0 Å². The van der Waals surface area contributed by atoms with Gasteiger partial charge in [0.25, 0.3) is 5.91 Å². The molecule has 1 fully saturated rings. The lowest BCUT2D eigenvalue weighted by Crippen LogP contribution is -2.62. The largest absolute Gasteiger partial charge is 0.495 e. The highest BCUT2D eigenvalue weighted by atomic mass is 35.5. The van der Waals surface area contributed by atoms with E-state index in [-0.39, 0.29) is 16.7 Å². The molecular formula is C20H18ClFN2O3S. The Hall–Kier alpha value is -2.51. The number of carbonyl (C=O) groups excluding carboxylic acids is 2. The molecule has 2 aromatic rings. The van der Waals surface area contributed by atoms with Gasteiger partial charge < -0.3 is 9.64 Å². The first-order valence-electron chi connectivity index (χ1n) is 8.46. The normalized spacial score (nSPS) is 16.3. The molecular weight excluding hydrogens is 403 g/mol. The Labute approximate surface area is 172 Å². The molecule has 0 saturated carbocycles. The van der Waals surface area contributed by atoms with Gasteiger partial charge in [-0.15, -0.1) is 0 Å². The van der Waals surface area contributed by atoms with Crippen molar-refractivity contribution in [2.45, 2.75) is 13.8 Å². The van der Waals surface area contributed by atoms with Gasteiger partial charge in [0.15, 0.2) is 5.11 Å². The number of para-hydroxylation sites is 2. The summed E-state index contributed by atoms with van der Waals surface area (Å²) in [7, 11) is 1.52. The summed E-state index contributed by atoms with van der Waals surface area (Å²) in [5.74, 6) is -1.70. The summed E-state index contributed by atoms with van der Waals surface area (Å²) in [6.07, 6.45) is 0. The molecule has 0 aromatic heterocycles. The summed E-state index contributed by atoms with van der Waals surface area (Å²) in [6.45, 7) is 3.63.